The maximum absolute atomic E-state index is 4.31. The Morgan fingerprint density at radius 2 is 2.17 bits per heavy atom. The molecule has 0 fully saturated rings. The van der Waals surface area contributed by atoms with E-state index in [0.717, 1.165) is 21.7 Å². The molecule has 0 bridgehead atoms. The van der Waals surface area contributed by atoms with E-state index in [4.69, 9.17) is 0 Å². The Labute approximate surface area is 109 Å². The summed E-state index contributed by atoms with van der Waals surface area (Å²) in [6.45, 7) is 2.75. The number of aryl methyl sites for hydroxylation is 1. The van der Waals surface area contributed by atoms with Crippen LogP contribution in [-0.4, -0.2) is 15.0 Å². The summed E-state index contributed by atoms with van der Waals surface area (Å²) < 4.78 is 0. The molecule has 0 amide bonds. The van der Waals surface area contributed by atoms with Crippen LogP contribution < -0.4 is 5.32 Å². The molecule has 0 unspecified atom stereocenters. The van der Waals surface area contributed by atoms with Crippen LogP contribution in [0.2, 0.25) is 0 Å². The molecule has 0 atom stereocenters. The molecule has 0 spiro atoms. The fraction of sp³-hybridized carbons (Fsp3) is 0.154. The van der Waals surface area contributed by atoms with Crippen LogP contribution in [0.4, 0.5) is 5.82 Å². The van der Waals surface area contributed by atoms with Crippen LogP contribution in [0.3, 0.4) is 0 Å². The van der Waals surface area contributed by atoms with E-state index in [-0.39, 0.29) is 0 Å². The van der Waals surface area contributed by atoms with Crippen molar-refractivity contribution in [2.75, 3.05) is 5.32 Å². The Morgan fingerprint density at radius 1 is 1.22 bits per heavy atom. The fourth-order valence-electron chi connectivity index (χ4n) is 1.83. The molecule has 0 aliphatic rings. The highest BCUT2D eigenvalue weighted by Crippen LogP contribution is 2.28. The quantitative estimate of drug-likeness (QED) is 0.782. The van der Waals surface area contributed by atoms with Crippen molar-refractivity contribution in [2.24, 2.45) is 0 Å². The zero-order chi connectivity index (χ0) is 12.4. The number of nitrogens with one attached hydrogen (secondary N) is 1. The second kappa shape index (κ2) is 4.70. The molecule has 18 heavy (non-hydrogen) atoms. The van der Waals surface area contributed by atoms with E-state index >= 15 is 0 Å². The zero-order valence-corrected chi connectivity index (χ0v) is 10.7. The maximum Gasteiger partial charge on any atom is 0.138 e. The van der Waals surface area contributed by atoms with Crippen molar-refractivity contribution in [2.45, 2.75) is 13.5 Å². The zero-order valence-electron chi connectivity index (χ0n) is 9.92. The van der Waals surface area contributed by atoms with Crippen molar-refractivity contribution < 1.29 is 0 Å². The van der Waals surface area contributed by atoms with E-state index in [1.54, 1.807) is 23.9 Å². The summed E-state index contributed by atoms with van der Waals surface area (Å²) in [6, 6.07) is 5.89. The number of fused-ring (bicyclic) bond motifs is 1. The van der Waals surface area contributed by atoms with Gasteiger partial charge in [0.15, 0.2) is 0 Å². The largest absolute Gasteiger partial charge is 0.364 e. The van der Waals surface area contributed by atoms with Crippen molar-refractivity contribution in [3.63, 3.8) is 0 Å². The van der Waals surface area contributed by atoms with Crippen LogP contribution in [0.1, 0.15) is 11.3 Å². The first-order valence-electron chi connectivity index (χ1n) is 5.67. The Kier molecular flexibility index (Phi) is 2.90. The van der Waals surface area contributed by atoms with Gasteiger partial charge in [-0.05, 0) is 30.0 Å². The second-order valence-electron chi connectivity index (χ2n) is 4.00. The number of hydrogen-bond donors (Lipinski definition) is 1. The predicted octanol–water partition coefficient (Wildman–Crippen LogP) is 3.01. The molecule has 4 nitrogen and oxygen atoms in total. The van der Waals surface area contributed by atoms with Crippen molar-refractivity contribution in [1.82, 2.24) is 15.0 Å². The van der Waals surface area contributed by atoms with Gasteiger partial charge >= 0.3 is 0 Å². The summed E-state index contributed by atoms with van der Waals surface area (Å²) in [4.78, 5) is 13.9. The van der Waals surface area contributed by atoms with E-state index in [2.05, 4.69) is 32.6 Å². The van der Waals surface area contributed by atoms with E-state index in [0.29, 0.717) is 6.54 Å². The first kappa shape index (κ1) is 11.1. The normalized spacial score (nSPS) is 10.7. The molecule has 0 aromatic carbocycles. The molecule has 3 aromatic heterocycles. The van der Waals surface area contributed by atoms with Crippen LogP contribution >= 0.6 is 11.3 Å². The lowest BCUT2D eigenvalue weighted by Crippen LogP contribution is -2.03. The average Bonchev–Trinajstić information content (AvgIpc) is 2.80. The predicted molar refractivity (Wildman–Crippen MR) is 73.7 cm³/mol. The van der Waals surface area contributed by atoms with Gasteiger partial charge in [0.2, 0.25) is 0 Å². The van der Waals surface area contributed by atoms with E-state index < -0.39 is 0 Å². The molecule has 0 aliphatic heterocycles. The highest BCUT2D eigenvalue weighted by atomic mass is 32.1. The first-order valence-corrected chi connectivity index (χ1v) is 6.55. The number of anilines is 1. The molecule has 3 rings (SSSR count). The Hall–Kier alpha value is -2.01. The summed E-state index contributed by atoms with van der Waals surface area (Å²) in [6.07, 6.45) is 3.39. The monoisotopic (exact) mass is 256 g/mol. The number of thiophene rings is 1. The summed E-state index contributed by atoms with van der Waals surface area (Å²) in [7, 11) is 0. The number of nitrogens with zero attached hydrogens (tertiary/aromatic N) is 3. The number of hydrogen-bond acceptors (Lipinski definition) is 5. The van der Waals surface area contributed by atoms with Crippen LogP contribution in [0.5, 0.6) is 0 Å². The third-order valence-corrected chi connectivity index (χ3v) is 3.72. The van der Waals surface area contributed by atoms with Crippen molar-refractivity contribution >= 4 is 27.4 Å². The molecule has 3 aromatic rings. The smallest absolute Gasteiger partial charge is 0.138 e. The summed E-state index contributed by atoms with van der Waals surface area (Å²) >= 11 is 1.64. The van der Waals surface area contributed by atoms with Gasteiger partial charge in [0.05, 0.1) is 17.6 Å². The van der Waals surface area contributed by atoms with Crippen molar-refractivity contribution in [3.8, 4) is 0 Å². The molecular weight excluding hydrogens is 244 g/mol. The summed E-state index contributed by atoms with van der Waals surface area (Å²) in [5, 5.41) is 6.54. The van der Waals surface area contributed by atoms with Gasteiger partial charge in [-0.25, -0.2) is 9.97 Å². The molecule has 3 heterocycles. The Bertz CT molecular complexity index is 663. The van der Waals surface area contributed by atoms with Gasteiger partial charge in [0, 0.05) is 6.20 Å². The van der Waals surface area contributed by atoms with Gasteiger partial charge in [-0.2, -0.15) is 0 Å². The van der Waals surface area contributed by atoms with Crippen molar-refractivity contribution in [1.29, 1.82) is 0 Å². The van der Waals surface area contributed by atoms with Gasteiger partial charge in [-0.3, -0.25) is 4.98 Å². The SMILES string of the molecule is Cc1csc2ncnc(NCc3ccccn3)c12. The average molecular weight is 256 g/mol. The highest BCUT2D eigenvalue weighted by Gasteiger charge is 2.08. The molecule has 0 radical (unpaired) electrons. The number of rotatable bonds is 3. The van der Waals surface area contributed by atoms with E-state index in [9.17, 15) is 0 Å². The Balaban J connectivity index is 1.89. The second-order valence-corrected chi connectivity index (χ2v) is 4.85. The third-order valence-electron chi connectivity index (χ3n) is 2.72. The minimum Gasteiger partial charge on any atom is -0.364 e. The van der Waals surface area contributed by atoms with Gasteiger partial charge in [0.1, 0.15) is 17.0 Å². The van der Waals surface area contributed by atoms with E-state index in [1.807, 2.05) is 18.2 Å². The van der Waals surface area contributed by atoms with E-state index in [1.165, 1.54) is 5.56 Å². The van der Waals surface area contributed by atoms with Gasteiger partial charge < -0.3 is 5.32 Å². The van der Waals surface area contributed by atoms with Crippen LogP contribution in [0, 0.1) is 6.92 Å². The molecule has 90 valence electrons. The molecule has 0 saturated carbocycles. The fourth-order valence-corrected chi connectivity index (χ4v) is 2.72. The lowest BCUT2D eigenvalue weighted by atomic mass is 10.2. The summed E-state index contributed by atoms with van der Waals surface area (Å²) in [5.41, 5.74) is 2.20. The van der Waals surface area contributed by atoms with Crippen LogP contribution in [-0.2, 0) is 6.54 Å². The molecule has 5 heteroatoms. The minimum absolute atomic E-state index is 0.669. The van der Waals surface area contributed by atoms with Gasteiger partial charge in [-0.15, -0.1) is 11.3 Å². The minimum atomic E-state index is 0.669. The maximum atomic E-state index is 4.31. The molecule has 0 aliphatic carbocycles. The summed E-state index contributed by atoms with van der Waals surface area (Å²) in [5.74, 6) is 0.879. The standard InChI is InChI=1S/C13H12N4S/c1-9-7-18-13-11(9)12(16-8-17-13)15-6-10-4-2-3-5-14-10/h2-5,7-8H,6H2,1H3,(H,15,16,17). The van der Waals surface area contributed by atoms with Crippen LogP contribution in [0.15, 0.2) is 36.1 Å². The van der Waals surface area contributed by atoms with Crippen LogP contribution in [0.25, 0.3) is 10.2 Å². The Morgan fingerprint density at radius 3 is 3.00 bits per heavy atom. The number of aromatic nitrogens is 3. The first-order chi connectivity index (χ1) is 8.84. The lowest BCUT2D eigenvalue weighted by Gasteiger charge is -2.06. The van der Waals surface area contributed by atoms with Crippen molar-refractivity contribution in [3.05, 3.63) is 47.4 Å². The number of pyridine rings is 1. The van der Waals surface area contributed by atoms with Gasteiger partial charge in [0.25, 0.3) is 0 Å². The molecule has 1 N–H and O–H groups in total. The topological polar surface area (TPSA) is 50.7 Å². The molecular formula is C13H12N4S. The molecule has 0 saturated heterocycles. The highest BCUT2D eigenvalue weighted by molar-refractivity contribution is 7.17. The van der Waals surface area contributed by atoms with Gasteiger partial charge in [-0.1, -0.05) is 6.07 Å². The lowest BCUT2D eigenvalue weighted by molar-refractivity contribution is 1.03. The third kappa shape index (κ3) is 2.04.